The molecule has 78 valence electrons. The van der Waals surface area contributed by atoms with Crippen LogP contribution in [0.1, 0.15) is 0 Å². The van der Waals surface area contributed by atoms with Gasteiger partial charge < -0.3 is 0 Å². The van der Waals surface area contributed by atoms with Gasteiger partial charge in [-0.1, -0.05) is 36.4 Å². The smallest absolute Gasteiger partial charge is 0.0928 e. The van der Waals surface area contributed by atoms with Gasteiger partial charge in [0, 0.05) is 5.39 Å². The Bertz CT molecular complexity index is 464. The zero-order chi connectivity index (χ0) is 10.9. The lowest BCUT2D eigenvalue weighted by Gasteiger charge is -2.25. The Kier molecular flexibility index (Phi) is 2.37. The van der Waals surface area contributed by atoms with Crippen molar-refractivity contribution in [2.75, 3.05) is 26.6 Å². The van der Waals surface area contributed by atoms with Crippen molar-refractivity contribution >= 4 is 16.5 Å². The summed E-state index contributed by atoms with van der Waals surface area (Å²) in [6, 6.07) is 14.8. The molecule has 2 nitrogen and oxygen atoms in total. The molecule has 0 atom stereocenters. The van der Waals surface area contributed by atoms with Crippen LogP contribution in [0.15, 0.2) is 42.5 Å². The molecule has 2 aromatic rings. The average molecular weight is 201 g/mol. The molecule has 0 aromatic heterocycles. The first kappa shape index (κ1) is 9.99. The lowest BCUT2D eigenvalue weighted by Crippen LogP contribution is -2.40. The monoisotopic (exact) mass is 201 g/mol. The lowest BCUT2D eigenvalue weighted by atomic mass is 10.1. The summed E-state index contributed by atoms with van der Waals surface area (Å²) in [7, 11) is 6.34. The number of nitrogens with one attached hydrogen (secondary N) is 1. The summed E-state index contributed by atoms with van der Waals surface area (Å²) in [6.07, 6.45) is 0. The highest BCUT2D eigenvalue weighted by molar-refractivity contribution is 5.93. The van der Waals surface area contributed by atoms with E-state index in [1.807, 2.05) is 0 Å². The van der Waals surface area contributed by atoms with Crippen molar-refractivity contribution in [1.82, 2.24) is 0 Å². The fourth-order valence-electron chi connectivity index (χ4n) is 1.68. The van der Waals surface area contributed by atoms with Crippen molar-refractivity contribution in [3.8, 4) is 0 Å². The summed E-state index contributed by atoms with van der Waals surface area (Å²) >= 11 is 0. The molecule has 0 bridgehead atoms. The van der Waals surface area contributed by atoms with Gasteiger partial charge in [-0.25, -0.2) is 10.0 Å². The van der Waals surface area contributed by atoms with E-state index >= 15 is 0 Å². The number of benzene rings is 2. The zero-order valence-corrected chi connectivity index (χ0v) is 9.49. The first-order valence-corrected chi connectivity index (χ1v) is 5.14. The van der Waals surface area contributed by atoms with E-state index in [0.717, 1.165) is 0 Å². The topological polar surface area (TPSA) is 12.0 Å². The first-order chi connectivity index (χ1) is 7.06. The summed E-state index contributed by atoms with van der Waals surface area (Å²) in [5.74, 6) is 0. The molecule has 0 saturated heterocycles. The van der Waals surface area contributed by atoms with E-state index < -0.39 is 0 Å². The minimum Gasteiger partial charge on any atom is -0.237 e. The molecular formula is C13H17N2+. The van der Waals surface area contributed by atoms with E-state index in [2.05, 4.69) is 69.0 Å². The maximum atomic E-state index is 3.46. The fraction of sp³-hybridized carbons (Fsp3) is 0.231. The predicted octanol–water partition coefficient (Wildman–Crippen LogP) is 2.87. The molecule has 15 heavy (non-hydrogen) atoms. The van der Waals surface area contributed by atoms with E-state index in [1.54, 1.807) is 0 Å². The van der Waals surface area contributed by atoms with Crippen molar-refractivity contribution in [3.05, 3.63) is 42.5 Å². The van der Waals surface area contributed by atoms with Crippen molar-refractivity contribution < 1.29 is 4.59 Å². The highest BCUT2D eigenvalue weighted by Crippen LogP contribution is 2.23. The molecule has 0 fully saturated rings. The number of nitrogens with zero attached hydrogens (tertiary/aromatic N) is 1. The van der Waals surface area contributed by atoms with E-state index in [1.165, 1.54) is 16.5 Å². The molecule has 0 heterocycles. The third kappa shape index (κ3) is 2.28. The lowest BCUT2D eigenvalue weighted by molar-refractivity contribution is -0.847. The molecule has 1 N–H and O–H groups in total. The second kappa shape index (κ2) is 3.55. The van der Waals surface area contributed by atoms with Gasteiger partial charge in [0.15, 0.2) is 0 Å². The molecule has 2 aromatic carbocycles. The van der Waals surface area contributed by atoms with Crippen molar-refractivity contribution in [1.29, 1.82) is 0 Å². The summed E-state index contributed by atoms with van der Waals surface area (Å²) in [4.78, 5) is 0. The van der Waals surface area contributed by atoms with Gasteiger partial charge in [0.25, 0.3) is 0 Å². The standard InChI is InChI=1S/C13H17N2/c1-15(2,3)14-13-10-6-8-11-7-4-5-9-12(11)13/h4-10,14H,1-3H3/q+1. The highest BCUT2D eigenvalue weighted by atomic mass is 15.6. The Balaban J connectivity index is 2.52. The molecule has 2 rings (SSSR count). The number of anilines is 1. The second-order valence-corrected chi connectivity index (χ2v) is 4.65. The van der Waals surface area contributed by atoms with Crippen LogP contribution in [-0.2, 0) is 0 Å². The molecule has 0 amide bonds. The maximum Gasteiger partial charge on any atom is 0.0928 e. The molecule has 0 aliphatic rings. The summed E-state index contributed by atoms with van der Waals surface area (Å²) < 4.78 is 0.716. The molecule has 0 spiro atoms. The van der Waals surface area contributed by atoms with E-state index in [0.29, 0.717) is 4.59 Å². The third-order valence-electron chi connectivity index (χ3n) is 2.25. The van der Waals surface area contributed by atoms with Crippen LogP contribution in [0.25, 0.3) is 10.8 Å². The van der Waals surface area contributed by atoms with Gasteiger partial charge in [-0.3, -0.25) is 0 Å². The van der Waals surface area contributed by atoms with Crippen LogP contribution < -0.4 is 5.43 Å². The third-order valence-corrected chi connectivity index (χ3v) is 2.25. The van der Waals surface area contributed by atoms with E-state index in [9.17, 15) is 0 Å². The normalized spacial score (nSPS) is 11.7. The quantitative estimate of drug-likeness (QED) is 0.582. The maximum absolute atomic E-state index is 3.46. The summed E-state index contributed by atoms with van der Waals surface area (Å²) in [6.45, 7) is 0. The van der Waals surface area contributed by atoms with Crippen LogP contribution in [0.3, 0.4) is 0 Å². The Labute approximate surface area is 90.7 Å². The van der Waals surface area contributed by atoms with Crippen LogP contribution in [0.2, 0.25) is 0 Å². The van der Waals surface area contributed by atoms with Gasteiger partial charge in [-0.05, 0) is 11.5 Å². The number of quaternary nitrogens is 1. The van der Waals surface area contributed by atoms with Crippen molar-refractivity contribution in [2.45, 2.75) is 0 Å². The molecule has 0 saturated carbocycles. The van der Waals surface area contributed by atoms with Crippen LogP contribution in [0.5, 0.6) is 0 Å². The minimum absolute atomic E-state index is 0.716. The fourth-order valence-corrected chi connectivity index (χ4v) is 1.68. The van der Waals surface area contributed by atoms with Gasteiger partial charge >= 0.3 is 0 Å². The molecule has 0 radical (unpaired) electrons. The van der Waals surface area contributed by atoms with E-state index in [4.69, 9.17) is 0 Å². The summed E-state index contributed by atoms with van der Waals surface area (Å²) in [5.41, 5.74) is 4.64. The van der Waals surface area contributed by atoms with Crippen LogP contribution in [0, 0.1) is 0 Å². The van der Waals surface area contributed by atoms with E-state index in [-0.39, 0.29) is 0 Å². The van der Waals surface area contributed by atoms with Gasteiger partial charge in [-0.2, -0.15) is 0 Å². The highest BCUT2D eigenvalue weighted by Gasteiger charge is 2.08. The molecular weight excluding hydrogens is 184 g/mol. The molecule has 0 unspecified atom stereocenters. The van der Waals surface area contributed by atoms with Gasteiger partial charge in [0.05, 0.1) is 26.8 Å². The summed E-state index contributed by atoms with van der Waals surface area (Å²) in [5, 5.41) is 2.55. The van der Waals surface area contributed by atoms with Crippen molar-refractivity contribution in [3.63, 3.8) is 0 Å². The van der Waals surface area contributed by atoms with Crippen LogP contribution in [-0.4, -0.2) is 25.7 Å². The predicted molar refractivity (Wildman–Crippen MR) is 65.6 cm³/mol. The molecule has 0 aliphatic heterocycles. The second-order valence-electron chi connectivity index (χ2n) is 4.65. The van der Waals surface area contributed by atoms with Crippen LogP contribution >= 0.6 is 0 Å². The van der Waals surface area contributed by atoms with Crippen molar-refractivity contribution in [2.24, 2.45) is 0 Å². The molecule has 0 aliphatic carbocycles. The van der Waals surface area contributed by atoms with Gasteiger partial charge in [-0.15, -0.1) is 0 Å². The SMILES string of the molecule is C[N+](C)(C)Nc1cccc2ccccc12. The average Bonchev–Trinajstić information content (AvgIpc) is 2.16. The Morgan fingerprint density at radius 3 is 2.27 bits per heavy atom. The first-order valence-electron chi connectivity index (χ1n) is 5.14. The Morgan fingerprint density at radius 1 is 0.867 bits per heavy atom. The van der Waals surface area contributed by atoms with Gasteiger partial charge in [0.1, 0.15) is 0 Å². The Hall–Kier alpha value is -1.54. The Morgan fingerprint density at radius 2 is 1.53 bits per heavy atom. The molecule has 2 heteroatoms. The number of hydrogen-bond donors (Lipinski definition) is 1. The van der Waals surface area contributed by atoms with Gasteiger partial charge in [0.2, 0.25) is 0 Å². The number of hydrogen-bond acceptors (Lipinski definition) is 1. The minimum atomic E-state index is 0.716. The number of fused-ring (bicyclic) bond motifs is 1. The number of rotatable bonds is 2. The zero-order valence-electron chi connectivity index (χ0n) is 9.49. The van der Waals surface area contributed by atoms with Crippen LogP contribution in [0.4, 0.5) is 5.69 Å². The largest absolute Gasteiger partial charge is 0.237 e.